The lowest BCUT2D eigenvalue weighted by Gasteiger charge is -2.56. The molecule has 1 saturated heterocycles. The molecule has 0 aromatic heterocycles. The van der Waals surface area contributed by atoms with Crippen molar-refractivity contribution in [3.63, 3.8) is 0 Å². The molecule has 0 bridgehead atoms. The number of halogens is 1. The smallest absolute Gasteiger partial charge is 0.0338 e. The van der Waals surface area contributed by atoms with E-state index in [1.165, 1.54) is 57.1 Å². The van der Waals surface area contributed by atoms with E-state index < -0.39 is 0 Å². The third-order valence-electron chi connectivity index (χ3n) is 5.72. The predicted molar refractivity (Wildman–Crippen MR) is 88.3 cm³/mol. The third-order valence-corrected chi connectivity index (χ3v) is 6.09. The third kappa shape index (κ3) is 3.23. The van der Waals surface area contributed by atoms with E-state index >= 15 is 0 Å². The van der Waals surface area contributed by atoms with Gasteiger partial charge in [-0.15, -0.1) is 0 Å². The zero-order valence-electron chi connectivity index (χ0n) is 13.5. The number of nitrogens with zero attached hydrogens (tertiary/aromatic N) is 1. The van der Waals surface area contributed by atoms with Crippen LogP contribution in [0.15, 0.2) is 11.1 Å². The Morgan fingerprint density at radius 1 is 1.20 bits per heavy atom. The molecule has 1 heterocycles. The van der Waals surface area contributed by atoms with Crippen LogP contribution in [0.2, 0.25) is 0 Å². The van der Waals surface area contributed by atoms with Gasteiger partial charge in [0, 0.05) is 36.2 Å². The fourth-order valence-electron chi connectivity index (χ4n) is 4.04. The van der Waals surface area contributed by atoms with Gasteiger partial charge in [0.2, 0.25) is 0 Å². The van der Waals surface area contributed by atoms with Crippen molar-refractivity contribution >= 4 is 11.6 Å². The van der Waals surface area contributed by atoms with E-state index in [0.29, 0.717) is 11.1 Å². The quantitative estimate of drug-likeness (QED) is 0.832. The molecule has 0 atom stereocenters. The molecule has 1 aliphatic heterocycles. The average molecular weight is 299 g/mol. The van der Waals surface area contributed by atoms with Gasteiger partial charge < -0.3 is 5.32 Å². The van der Waals surface area contributed by atoms with Gasteiger partial charge in [0.05, 0.1) is 0 Å². The van der Waals surface area contributed by atoms with E-state index in [4.69, 9.17) is 11.6 Å². The molecule has 0 amide bonds. The van der Waals surface area contributed by atoms with Crippen LogP contribution in [0.5, 0.6) is 0 Å². The molecule has 1 saturated carbocycles. The summed E-state index contributed by atoms with van der Waals surface area (Å²) in [5.41, 5.74) is 3.74. The first-order chi connectivity index (χ1) is 9.60. The Labute approximate surface area is 129 Å². The van der Waals surface area contributed by atoms with Crippen molar-refractivity contribution in [2.75, 3.05) is 19.6 Å². The van der Waals surface area contributed by atoms with Gasteiger partial charge in [0.1, 0.15) is 0 Å². The second-order valence-corrected chi connectivity index (χ2v) is 7.16. The Bertz CT molecular complexity index is 341. The summed E-state index contributed by atoms with van der Waals surface area (Å²) in [5.74, 6) is 0. The molecular weight excluding hydrogens is 268 g/mol. The Hall–Kier alpha value is -0.0500. The summed E-state index contributed by atoms with van der Waals surface area (Å²) in [6, 6.07) is 0. The molecule has 20 heavy (non-hydrogen) atoms. The molecule has 1 spiro atoms. The Morgan fingerprint density at radius 2 is 1.85 bits per heavy atom. The van der Waals surface area contributed by atoms with Crippen molar-refractivity contribution in [2.45, 2.75) is 76.8 Å². The largest absolute Gasteiger partial charge is 0.308 e. The number of hydrogen-bond acceptors (Lipinski definition) is 2. The molecule has 1 N–H and O–H groups in total. The van der Waals surface area contributed by atoms with Crippen LogP contribution < -0.4 is 5.32 Å². The van der Waals surface area contributed by atoms with Gasteiger partial charge in [-0.05, 0) is 38.2 Å². The molecule has 0 aromatic carbocycles. The van der Waals surface area contributed by atoms with Crippen LogP contribution >= 0.6 is 11.6 Å². The molecule has 116 valence electrons. The maximum atomic E-state index is 5.93. The molecule has 1 aliphatic carbocycles. The summed E-state index contributed by atoms with van der Waals surface area (Å²) in [4.78, 5) is 2.75. The predicted octanol–water partition coefficient (Wildman–Crippen LogP) is 4.30. The van der Waals surface area contributed by atoms with Crippen LogP contribution in [0.4, 0.5) is 0 Å². The number of nitrogens with one attached hydrogen (secondary N) is 1. The van der Waals surface area contributed by atoms with Gasteiger partial charge in [-0.3, -0.25) is 4.90 Å². The first-order valence-electron chi connectivity index (χ1n) is 8.36. The molecular formula is C17H31ClN2. The standard InChI is InChI=1S/C17H31ClN2/c1-4-16(5-2)14-20(12-15(3)11-18)17(13-19-16)9-7-6-8-10-17/h11,19H,4-10,12-14H2,1-3H3. The maximum Gasteiger partial charge on any atom is 0.0338 e. The lowest BCUT2D eigenvalue weighted by Crippen LogP contribution is -2.70. The highest BCUT2D eigenvalue weighted by molar-refractivity contribution is 6.25. The second-order valence-electron chi connectivity index (χ2n) is 6.94. The van der Waals surface area contributed by atoms with Crippen LogP contribution in [0.1, 0.15) is 65.7 Å². The van der Waals surface area contributed by atoms with Crippen LogP contribution in [0.3, 0.4) is 0 Å². The Balaban J connectivity index is 2.19. The van der Waals surface area contributed by atoms with Gasteiger partial charge in [-0.2, -0.15) is 0 Å². The van der Waals surface area contributed by atoms with Gasteiger partial charge in [-0.25, -0.2) is 0 Å². The maximum absolute atomic E-state index is 5.93. The van der Waals surface area contributed by atoms with E-state index in [1.54, 1.807) is 5.54 Å². The first-order valence-corrected chi connectivity index (χ1v) is 8.79. The van der Waals surface area contributed by atoms with Gasteiger partial charge in [0.15, 0.2) is 0 Å². The highest BCUT2D eigenvalue weighted by Gasteiger charge is 2.46. The van der Waals surface area contributed by atoms with Gasteiger partial charge in [0.25, 0.3) is 0 Å². The monoisotopic (exact) mass is 298 g/mol. The fraction of sp³-hybridized carbons (Fsp3) is 0.882. The van der Waals surface area contributed by atoms with E-state index in [9.17, 15) is 0 Å². The highest BCUT2D eigenvalue weighted by atomic mass is 35.5. The molecule has 0 radical (unpaired) electrons. The second kappa shape index (κ2) is 6.81. The lowest BCUT2D eigenvalue weighted by atomic mass is 9.75. The summed E-state index contributed by atoms with van der Waals surface area (Å²) in [7, 11) is 0. The van der Waals surface area contributed by atoms with Gasteiger partial charge in [-0.1, -0.05) is 44.7 Å². The van der Waals surface area contributed by atoms with Crippen LogP contribution in [-0.4, -0.2) is 35.6 Å². The summed E-state index contributed by atoms with van der Waals surface area (Å²) in [6.07, 6.45) is 9.28. The normalized spacial score (nSPS) is 26.9. The summed E-state index contributed by atoms with van der Waals surface area (Å²) in [6.45, 7) is 10.2. The van der Waals surface area contributed by atoms with E-state index in [1.807, 2.05) is 0 Å². The lowest BCUT2D eigenvalue weighted by molar-refractivity contribution is -0.0153. The number of rotatable bonds is 4. The molecule has 2 nitrogen and oxygen atoms in total. The molecule has 0 unspecified atom stereocenters. The fourth-order valence-corrected chi connectivity index (χ4v) is 4.11. The first kappa shape index (κ1) is 16.3. The van der Waals surface area contributed by atoms with Crippen molar-refractivity contribution in [3.05, 3.63) is 11.1 Å². The van der Waals surface area contributed by atoms with Crippen LogP contribution in [-0.2, 0) is 0 Å². The van der Waals surface area contributed by atoms with Crippen LogP contribution in [0, 0.1) is 0 Å². The molecule has 2 aliphatic rings. The van der Waals surface area contributed by atoms with Gasteiger partial charge >= 0.3 is 0 Å². The Morgan fingerprint density at radius 3 is 2.40 bits per heavy atom. The highest BCUT2D eigenvalue weighted by Crippen LogP contribution is 2.38. The Kier molecular flexibility index (Phi) is 5.56. The van der Waals surface area contributed by atoms with Crippen LogP contribution in [0.25, 0.3) is 0 Å². The van der Waals surface area contributed by atoms with Crippen molar-refractivity contribution in [1.82, 2.24) is 10.2 Å². The number of hydrogen-bond donors (Lipinski definition) is 1. The minimum absolute atomic E-state index is 0.301. The van der Waals surface area contributed by atoms with Crippen molar-refractivity contribution in [1.29, 1.82) is 0 Å². The zero-order chi connectivity index (χ0) is 14.6. The summed E-state index contributed by atoms with van der Waals surface area (Å²) < 4.78 is 0. The molecule has 2 rings (SSSR count). The SMILES string of the molecule is CCC1(CC)CN(CC(C)=CCl)C2(CCCCC2)CN1. The summed E-state index contributed by atoms with van der Waals surface area (Å²) >= 11 is 5.93. The average Bonchev–Trinajstić information content (AvgIpc) is 2.51. The molecule has 0 aromatic rings. The van der Waals surface area contributed by atoms with E-state index in [2.05, 4.69) is 31.0 Å². The molecule has 2 fully saturated rings. The minimum Gasteiger partial charge on any atom is -0.308 e. The van der Waals surface area contributed by atoms with Crippen molar-refractivity contribution < 1.29 is 0 Å². The number of piperazine rings is 1. The van der Waals surface area contributed by atoms with Crippen molar-refractivity contribution in [2.24, 2.45) is 0 Å². The summed E-state index contributed by atoms with van der Waals surface area (Å²) in [5, 5.41) is 3.92. The van der Waals surface area contributed by atoms with Crippen molar-refractivity contribution in [3.8, 4) is 0 Å². The zero-order valence-corrected chi connectivity index (χ0v) is 14.2. The van der Waals surface area contributed by atoms with E-state index in [-0.39, 0.29) is 0 Å². The topological polar surface area (TPSA) is 15.3 Å². The molecule has 3 heteroatoms. The van der Waals surface area contributed by atoms with E-state index in [0.717, 1.165) is 13.1 Å². The minimum atomic E-state index is 0.301.